The lowest BCUT2D eigenvalue weighted by atomic mass is 9.95. The number of amides is 2. The molecule has 7 nitrogen and oxygen atoms in total. The fourth-order valence-electron chi connectivity index (χ4n) is 2.82. The first-order chi connectivity index (χ1) is 13.6. The highest BCUT2D eigenvalue weighted by atomic mass is 16.2. The van der Waals surface area contributed by atoms with Crippen molar-refractivity contribution in [2.75, 3.05) is 10.6 Å². The summed E-state index contributed by atoms with van der Waals surface area (Å²) in [5, 5.41) is 5.80. The second-order valence-electron chi connectivity index (χ2n) is 8.50. The molecular weight excluding hydrogens is 366 g/mol. The molecular formula is C22H27N5O2. The standard InChI is InChI=1S/C22H27N5O2/c1-13(2)27-12-24-18-10-15(11-23-19(18)27)20(28)25-16-7-8-17(14(3)9-16)26-21(29)22(4,5)6/h7-13H,1-6H3,(H,25,28)(H,26,29). The maximum atomic E-state index is 12.6. The lowest BCUT2D eigenvalue weighted by molar-refractivity contribution is -0.123. The van der Waals surface area contributed by atoms with Crippen LogP contribution in [0.25, 0.3) is 11.2 Å². The number of nitrogens with zero attached hydrogens (tertiary/aromatic N) is 3. The van der Waals surface area contributed by atoms with Crippen molar-refractivity contribution in [3.63, 3.8) is 0 Å². The number of anilines is 2. The fraction of sp³-hybridized carbons (Fsp3) is 0.364. The second-order valence-corrected chi connectivity index (χ2v) is 8.50. The smallest absolute Gasteiger partial charge is 0.257 e. The number of rotatable bonds is 4. The lowest BCUT2D eigenvalue weighted by Gasteiger charge is -2.19. The third-order valence-corrected chi connectivity index (χ3v) is 4.65. The Labute approximate surface area is 170 Å². The van der Waals surface area contributed by atoms with Gasteiger partial charge in [0, 0.05) is 29.0 Å². The van der Waals surface area contributed by atoms with Gasteiger partial charge in [-0.25, -0.2) is 9.97 Å². The monoisotopic (exact) mass is 393 g/mol. The second kappa shape index (κ2) is 7.66. The topological polar surface area (TPSA) is 88.9 Å². The molecule has 0 bridgehead atoms. The molecule has 0 spiro atoms. The molecule has 0 saturated heterocycles. The molecule has 7 heteroatoms. The molecule has 0 saturated carbocycles. The number of hydrogen-bond donors (Lipinski definition) is 2. The van der Waals surface area contributed by atoms with Gasteiger partial charge in [0.1, 0.15) is 5.52 Å². The van der Waals surface area contributed by atoms with Crippen LogP contribution >= 0.6 is 0 Å². The van der Waals surface area contributed by atoms with Gasteiger partial charge >= 0.3 is 0 Å². The molecule has 29 heavy (non-hydrogen) atoms. The molecule has 1 aromatic carbocycles. The van der Waals surface area contributed by atoms with Gasteiger partial charge in [-0.15, -0.1) is 0 Å². The van der Waals surface area contributed by atoms with Crippen molar-refractivity contribution in [3.05, 3.63) is 47.9 Å². The van der Waals surface area contributed by atoms with Crippen molar-refractivity contribution in [1.82, 2.24) is 14.5 Å². The summed E-state index contributed by atoms with van der Waals surface area (Å²) in [7, 11) is 0. The summed E-state index contributed by atoms with van der Waals surface area (Å²) >= 11 is 0. The van der Waals surface area contributed by atoms with Gasteiger partial charge in [-0.1, -0.05) is 20.8 Å². The highest BCUT2D eigenvalue weighted by Crippen LogP contribution is 2.24. The van der Waals surface area contributed by atoms with Crippen molar-refractivity contribution < 1.29 is 9.59 Å². The minimum Gasteiger partial charge on any atom is -0.325 e. The Balaban J connectivity index is 1.76. The highest BCUT2D eigenvalue weighted by molar-refractivity contribution is 6.05. The number of aromatic nitrogens is 3. The van der Waals surface area contributed by atoms with Crippen LogP contribution in [0.1, 0.15) is 56.6 Å². The number of carbonyl (C=O) groups is 2. The van der Waals surface area contributed by atoms with Gasteiger partial charge < -0.3 is 15.2 Å². The maximum absolute atomic E-state index is 12.6. The Morgan fingerprint density at radius 3 is 2.41 bits per heavy atom. The van der Waals surface area contributed by atoms with Crippen molar-refractivity contribution in [2.45, 2.75) is 47.6 Å². The molecule has 2 amide bonds. The molecule has 0 radical (unpaired) electrons. The Kier molecular flexibility index (Phi) is 5.42. The molecule has 0 unspecified atom stereocenters. The van der Waals surface area contributed by atoms with Gasteiger partial charge in [0.05, 0.1) is 11.9 Å². The van der Waals surface area contributed by atoms with Gasteiger partial charge in [0.2, 0.25) is 5.91 Å². The van der Waals surface area contributed by atoms with Crippen LogP contribution in [0.15, 0.2) is 36.8 Å². The Morgan fingerprint density at radius 2 is 1.79 bits per heavy atom. The summed E-state index contributed by atoms with van der Waals surface area (Å²) < 4.78 is 1.96. The number of benzene rings is 1. The zero-order valence-corrected chi connectivity index (χ0v) is 17.7. The molecule has 0 fully saturated rings. The van der Waals surface area contributed by atoms with E-state index >= 15 is 0 Å². The van der Waals surface area contributed by atoms with Crippen molar-refractivity contribution in [2.24, 2.45) is 5.41 Å². The molecule has 0 aliphatic carbocycles. The minimum atomic E-state index is -0.479. The van der Waals surface area contributed by atoms with Crippen LogP contribution < -0.4 is 10.6 Å². The first-order valence-corrected chi connectivity index (χ1v) is 9.62. The molecule has 2 aromatic heterocycles. The van der Waals surface area contributed by atoms with Crippen molar-refractivity contribution >= 4 is 34.4 Å². The van der Waals surface area contributed by atoms with Gasteiger partial charge in [-0.05, 0) is 50.6 Å². The van der Waals surface area contributed by atoms with Crippen LogP contribution in [0.4, 0.5) is 11.4 Å². The number of fused-ring (bicyclic) bond motifs is 1. The maximum Gasteiger partial charge on any atom is 0.257 e. The van der Waals surface area contributed by atoms with Crippen LogP contribution in [-0.4, -0.2) is 26.3 Å². The predicted molar refractivity (Wildman–Crippen MR) is 115 cm³/mol. The lowest BCUT2D eigenvalue weighted by Crippen LogP contribution is -2.27. The average Bonchev–Trinajstić information content (AvgIpc) is 3.06. The van der Waals surface area contributed by atoms with E-state index in [4.69, 9.17) is 0 Å². The summed E-state index contributed by atoms with van der Waals surface area (Å²) in [4.78, 5) is 33.6. The predicted octanol–water partition coefficient (Wildman–Crippen LogP) is 4.56. The summed E-state index contributed by atoms with van der Waals surface area (Å²) in [6, 6.07) is 7.37. The molecule has 3 rings (SSSR count). The quantitative estimate of drug-likeness (QED) is 0.680. The zero-order chi connectivity index (χ0) is 21.3. The number of hydrogen-bond acceptors (Lipinski definition) is 4. The van der Waals surface area contributed by atoms with Gasteiger partial charge in [0.25, 0.3) is 5.91 Å². The molecule has 0 aliphatic rings. The molecule has 3 aromatic rings. The highest BCUT2D eigenvalue weighted by Gasteiger charge is 2.21. The van der Waals surface area contributed by atoms with Crippen LogP contribution in [0.2, 0.25) is 0 Å². The molecule has 0 atom stereocenters. The Morgan fingerprint density at radius 1 is 1.07 bits per heavy atom. The van der Waals surface area contributed by atoms with Gasteiger partial charge in [-0.2, -0.15) is 0 Å². The number of nitrogens with one attached hydrogen (secondary N) is 2. The average molecular weight is 393 g/mol. The number of imidazole rings is 1. The van der Waals surface area contributed by atoms with Gasteiger partial charge in [-0.3, -0.25) is 9.59 Å². The van der Waals surface area contributed by atoms with Crippen LogP contribution in [0.5, 0.6) is 0 Å². The summed E-state index contributed by atoms with van der Waals surface area (Å²) in [5.41, 5.74) is 3.64. The summed E-state index contributed by atoms with van der Waals surface area (Å²) in [5.74, 6) is -0.318. The van der Waals surface area contributed by atoms with E-state index in [1.54, 1.807) is 30.7 Å². The van der Waals surface area contributed by atoms with E-state index in [1.807, 2.05) is 38.3 Å². The first-order valence-electron chi connectivity index (χ1n) is 9.62. The largest absolute Gasteiger partial charge is 0.325 e. The summed E-state index contributed by atoms with van der Waals surface area (Å²) in [6.07, 6.45) is 3.29. The van der Waals surface area contributed by atoms with E-state index in [0.29, 0.717) is 16.8 Å². The molecule has 152 valence electrons. The van der Waals surface area contributed by atoms with Crippen LogP contribution in [0, 0.1) is 12.3 Å². The third-order valence-electron chi connectivity index (χ3n) is 4.65. The third kappa shape index (κ3) is 4.45. The molecule has 2 N–H and O–H groups in total. The van der Waals surface area contributed by atoms with E-state index in [1.165, 1.54) is 0 Å². The zero-order valence-electron chi connectivity index (χ0n) is 17.7. The van der Waals surface area contributed by atoms with Crippen molar-refractivity contribution in [1.29, 1.82) is 0 Å². The van der Waals surface area contributed by atoms with E-state index < -0.39 is 5.41 Å². The van der Waals surface area contributed by atoms with Crippen LogP contribution in [-0.2, 0) is 4.79 Å². The number of pyridine rings is 1. The SMILES string of the molecule is Cc1cc(NC(=O)c2cnc3c(c2)ncn3C(C)C)ccc1NC(=O)C(C)(C)C. The summed E-state index contributed by atoms with van der Waals surface area (Å²) in [6.45, 7) is 11.6. The molecule has 0 aliphatic heterocycles. The first kappa shape index (κ1) is 20.5. The van der Waals surface area contributed by atoms with E-state index in [9.17, 15) is 9.59 Å². The van der Waals surface area contributed by atoms with Gasteiger partial charge in [0.15, 0.2) is 5.65 Å². The van der Waals surface area contributed by atoms with Crippen LogP contribution in [0.3, 0.4) is 0 Å². The number of aryl methyl sites for hydroxylation is 1. The van der Waals surface area contributed by atoms with E-state index in [2.05, 4.69) is 34.4 Å². The minimum absolute atomic E-state index is 0.0578. The Bertz CT molecular complexity index is 1080. The fourth-order valence-corrected chi connectivity index (χ4v) is 2.82. The van der Waals surface area contributed by atoms with Crippen molar-refractivity contribution in [3.8, 4) is 0 Å². The number of carbonyl (C=O) groups excluding carboxylic acids is 2. The van der Waals surface area contributed by atoms with E-state index in [0.717, 1.165) is 16.9 Å². The Hall–Kier alpha value is -3.22. The van der Waals surface area contributed by atoms with E-state index in [-0.39, 0.29) is 17.9 Å². The normalized spacial score (nSPS) is 11.7. The molecule has 2 heterocycles.